The normalized spacial score (nSPS) is 53.1. The molecular formula is C64H104O27. The number of allylic oxidation sites excluding steroid dienone is 2. The van der Waals surface area contributed by atoms with E-state index in [1.807, 2.05) is 6.92 Å². The predicted octanol–water partition coefficient (Wildman–Crippen LogP) is -0.949. The third kappa shape index (κ3) is 12.2. The molecule has 0 radical (unpaired) electrons. The van der Waals surface area contributed by atoms with Crippen LogP contribution in [0, 0.1) is 56.7 Å². The first-order valence-electron chi connectivity index (χ1n) is 33.1. The van der Waals surface area contributed by atoms with Gasteiger partial charge < -0.3 is 124 Å². The fourth-order valence-corrected chi connectivity index (χ4v) is 18.5. The monoisotopic (exact) mass is 1300 g/mol. The summed E-state index contributed by atoms with van der Waals surface area (Å²) in [5.74, 6) is -1.41. The summed E-state index contributed by atoms with van der Waals surface area (Å²) in [7, 11) is 0. The van der Waals surface area contributed by atoms with Crippen LogP contribution in [0.15, 0.2) is 11.6 Å². The molecule has 14 N–H and O–H groups in total. The lowest BCUT2D eigenvalue weighted by molar-refractivity contribution is -0.394. The smallest absolute Gasteiger partial charge is 0.338 e. The summed E-state index contributed by atoms with van der Waals surface area (Å²) in [5, 5.41) is 153. The quantitative estimate of drug-likeness (QED) is 0.0383. The number of unbranched alkanes of at least 4 members (excludes halogenated alkanes) is 1. The zero-order valence-corrected chi connectivity index (χ0v) is 53.9. The number of aliphatic hydroxyl groups is 14. The molecular weight excluding hydrogens is 1200 g/mol. The lowest BCUT2D eigenvalue weighted by atomic mass is 9.33. The van der Waals surface area contributed by atoms with Gasteiger partial charge in [-0.2, -0.15) is 0 Å². The Hall–Kier alpha value is -2.24. The molecule has 27 heteroatoms. The zero-order chi connectivity index (χ0) is 66.5. The highest BCUT2D eigenvalue weighted by atomic mass is 16.8. The Kier molecular flexibility index (Phi) is 21.4. The molecule has 10 rings (SSSR count). The molecule has 5 heterocycles. The molecule has 522 valence electrons. The van der Waals surface area contributed by atoms with Gasteiger partial charge in [0.1, 0.15) is 104 Å². The van der Waals surface area contributed by atoms with Crippen LogP contribution < -0.4 is 0 Å². The van der Waals surface area contributed by atoms with E-state index < -0.39 is 201 Å². The Labute approximate surface area is 531 Å². The van der Waals surface area contributed by atoms with Gasteiger partial charge in [-0.3, -0.25) is 4.79 Å². The van der Waals surface area contributed by atoms with Crippen LogP contribution in [0.4, 0.5) is 0 Å². The van der Waals surface area contributed by atoms with Gasteiger partial charge in [-0.05, 0) is 129 Å². The third-order valence-electron chi connectivity index (χ3n) is 24.5. The average molecular weight is 1310 g/mol. The molecule has 5 aliphatic carbocycles. The van der Waals surface area contributed by atoms with E-state index in [1.165, 1.54) is 19.4 Å². The first kappa shape index (κ1) is 71.5. The van der Waals surface area contributed by atoms with E-state index in [0.717, 1.165) is 19.3 Å². The molecule has 9 fully saturated rings. The van der Waals surface area contributed by atoms with Crippen molar-refractivity contribution in [2.45, 2.75) is 299 Å². The van der Waals surface area contributed by atoms with Gasteiger partial charge in [0.25, 0.3) is 0 Å². The minimum Gasteiger partial charge on any atom is -0.464 e. The van der Waals surface area contributed by atoms with Crippen LogP contribution in [-0.4, -0.2) is 263 Å². The predicted molar refractivity (Wildman–Crippen MR) is 311 cm³/mol. The standard InChI is InChI=1S/C64H104O27/c1-11-12-23-81-53(79)50-43(73)44(74)52(90-57-51(42(72)38(68)29(5)83-57)89-55-47(77)41(71)39(69)31(24-65)84-55)58(88-50)86-35-17-18-61(8)33(60(35,6)7)16-19-63(10)34(61)14-13-30-36-27(3)26(2)15-20-64(36,22-21-62(30,63)9)59(80)91-56-48(78)45(75)49(32(25-66)85-56)87-54-46(76)40(70)37(67)28(4)82-54/h13,26-29,31-52,54-58,65-78H,11-12,14-25H2,1-10H3/t26-,27+,28+,29+,31-,32-,33+,34-,35+,36+,37+,38+,39-,40-,41+,42-,43+,44+,45-,46-,47-,48-,49-,50+,51-,52-,54+,55+,56+,57+,58-,61+,62-,63-,64+/m1/s1. The SMILES string of the molecule is CCCCOC(=O)[C@H]1O[C@@H](O[C@H]2CC[C@]3(C)[C@H]4CC=C5[C@@H]6[C@@H](C)[C@H](C)CC[C@]6(C(=O)O[C@@H]6O[C@H](CO)[C@@H](O[C@@H]7O[C@@H](C)[C@H](O)[C@@H](O)[C@H]7O)[C@H](O)[C@H]6O)CC[C@@]5(C)[C@]4(C)CC[C@H]3C2(C)C)[C@H](O[C@@H]2O[C@@H](C)[C@H](O)[C@@H](O)[C@H]2O[C@@H]2O[C@H](CO)[C@@H](O)[C@H](O)[C@H]2O)[C@@H](O)[C@@H]1O. The highest BCUT2D eigenvalue weighted by Gasteiger charge is 2.71. The molecule has 0 amide bonds. The van der Waals surface area contributed by atoms with Crippen molar-refractivity contribution >= 4 is 11.9 Å². The van der Waals surface area contributed by atoms with Crippen molar-refractivity contribution in [3.8, 4) is 0 Å². The van der Waals surface area contributed by atoms with Crippen LogP contribution in [0.2, 0.25) is 0 Å². The Morgan fingerprint density at radius 2 is 1.09 bits per heavy atom. The van der Waals surface area contributed by atoms with Gasteiger partial charge in [0, 0.05) is 0 Å². The van der Waals surface area contributed by atoms with E-state index in [0.29, 0.717) is 51.4 Å². The number of ether oxygens (including phenoxy) is 11. The van der Waals surface area contributed by atoms with Gasteiger partial charge in [0.15, 0.2) is 31.3 Å². The van der Waals surface area contributed by atoms with Gasteiger partial charge >= 0.3 is 11.9 Å². The van der Waals surface area contributed by atoms with E-state index in [1.54, 1.807) is 0 Å². The number of rotatable bonds is 16. The largest absolute Gasteiger partial charge is 0.464 e. The molecule has 0 aromatic carbocycles. The molecule has 27 nitrogen and oxygen atoms in total. The summed E-state index contributed by atoms with van der Waals surface area (Å²) in [4.78, 5) is 29.0. The highest BCUT2D eigenvalue weighted by Crippen LogP contribution is 2.76. The third-order valence-corrected chi connectivity index (χ3v) is 24.5. The number of hydrogen-bond donors (Lipinski definition) is 14. The van der Waals surface area contributed by atoms with E-state index in [2.05, 4.69) is 54.5 Å². The topological polar surface area (TPSA) is 419 Å². The van der Waals surface area contributed by atoms with Gasteiger partial charge in [-0.15, -0.1) is 0 Å². The second kappa shape index (κ2) is 27.2. The molecule has 0 aromatic rings. The first-order valence-corrected chi connectivity index (χ1v) is 33.1. The summed E-state index contributed by atoms with van der Waals surface area (Å²) in [6.07, 6.45) is -32.9. The Balaban J connectivity index is 0.889. The second-order valence-corrected chi connectivity index (χ2v) is 29.7. The van der Waals surface area contributed by atoms with Crippen molar-refractivity contribution < 1.29 is 133 Å². The van der Waals surface area contributed by atoms with Gasteiger partial charge in [0.2, 0.25) is 6.29 Å². The lowest BCUT2D eigenvalue weighted by Gasteiger charge is -2.71. The molecule has 0 bridgehead atoms. The number of fused-ring (bicyclic) bond motifs is 7. The van der Waals surface area contributed by atoms with Crippen molar-refractivity contribution in [2.24, 2.45) is 56.7 Å². The van der Waals surface area contributed by atoms with E-state index >= 15 is 4.79 Å². The zero-order valence-electron chi connectivity index (χ0n) is 53.9. The molecule has 35 atom stereocenters. The molecule has 5 aliphatic heterocycles. The minimum atomic E-state index is -1.94. The summed E-state index contributed by atoms with van der Waals surface area (Å²) < 4.78 is 66.6. The minimum absolute atomic E-state index is 0.0104. The number of hydrogen-bond acceptors (Lipinski definition) is 27. The van der Waals surface area contributed by atoms with Crippen LogP contribution in [0.25, 0.3) is 0 Å². The van der Waals surface area contributed by atoms with Crippen LogP contribution >= 0.6 is 0 Å². The van der Waals surface area contributed by atoms with Crippen LogP contribution in [0.3, 0.4) is 0 Å². The number of esters is 2. The van der Waals surface area contributed by atoms with Crippen molar-refractivity contribution in [1.29, 1.82) is 0 Å². The van der Waals surface area contributed by atoms with Gasteiger partial charge in [-0.25, -0.2) is 4.79 Å². The Morgan fingerprint density at radius 1 is 0.538 bits per heavy atom. The first-order chi connectivity index (χ1) is 42.8. The molecule has 0 unspecified atom stereocenters. The average Bonchev–Trinajstić information content (AvgIpc) is 0.676. The van der Waals surface area contributed by atoms with Crippen molar-refractivity contribution in [1.82, 2.24) is 0 Å². The van der Waals surface area contributed by atoms with Gasteiger partial charge in [0.05, 0.1) is 43.5 Å². The van der Waals surface area contributed by atoms with Gasteiger partial charge in [-0.1, -0.05) is 73.5 Å². The summed E-state index contributed by atoms with van der Waals surface area (Å²) in [5.41, 5.74) is -1.48. The lowest BCUT2D eigenvalue weighted by Crippen LogP contribution is -2.68. The second-order valence-electron chi connectivity index (χ2n) is 29.7. The van der Waals surface area contributed by atoms with Crippen LogP contribution in [0.5, 0.6) is 0 Å². The molecule has 10 aliphatic rings. The Bertz CT molecular complexity index is 2540. The Morgan fingerprint density at radius 3 is 1.74 bits per heavy atom. The summed E-state index contributed by atoms with van der Waals surface area (Å²) >= 11 is 0. The molecule has 0 aromatic heterocycles. The summed E-state index contributed by atoms with van der Waals surface area (Å²) in [6, 6.07) is 0. The fraction of sp³-hybridized carbons (Fsp3) is 0.938. The van der Waals surface area contributed by atoms with E-state index in [9.17, 15) is 76.3 Å². The van der Waals surface area contributed by atoms with Crippen LogP contribution in [0.1, 0.15) is 140 Å². The molecule has 4 saturated carbocycles. The van der Waals surface area contributed by atoms with Crippen molar-refractivity contribution in [3.63, 3.8) is 0 Å². The number of carbonyl (C=O) groups is 2. The van der Waals surface area contributed by atoms with E-state index in [-0.39, 0.29) is 47.0 Å². The maximum absolute atomic E-state index is 15.3. The highest BCUT2D eigenvalue weighted by molar-refractivity contribution is 5.79. The van der Waals surface area contributed by atoms with Crippen molar-refractivity contribution in [2.75, 3.05) is 19.8 Å². The number of aliphatic hydroxyl groups excluding tert-OH is 14. The molecule has 5 saturated heterocycles. The van der Waals surface area contributed by atoms with Crippen molar-refractivity contribution in [3.05, 3.63) is 11.6 Å². The fourth-order valence-electron chi connectivity index (χ4n) is 18.5. The summed E-state index contributed by atoms with van der Waals surface area (Å²) in [6.45, 7) is 19.0. The molecule has 0 spiro atoms. The number of carbonyl (C=O) groups excluding carboxylic acids is 2. The maximum Gasteiger partial charge on any atom is 0.338 e. The van der Waals surface area contributed by atoms with E-state index in [4.69, 9.17) is 52.1 Å². The maximum atomic E-state index is 15.3. The van der Waals surface area contributed by atoms with Crippen LogP contribution in [-0.2, 0) is 61.7 Å². The molecule has 91 heavy (non-hydrogen) atoms.